The van der Waals surface area contributed by atoms with Crippen molar-refractivity contribution in [1.82, 2.24) is 20.5 Å². The van der Waals surface area contributed by atoms with E-state index in [1.807, 2.05) is 43.3 Å². The first-order chi connectivity index (χ1) is 14.1. The van der Waals surface area contributed by atoms with Gasteiger partial charge in [0.2, 0.25) is 0 Å². The lowest BCUT2D eigenvalue weighted by molar-refractivity contribution is 0.272. The van der Waals surface area contributed by atoms with Gasteiger partial charge in [-0.05, 0) is 42.5 Å². The molecule has 0 aliphatic carbocycles. The summed E-state index contributed by atoms with van der Waals surface area (Å²) in [5.41, 5.74) is 2.23. The van der Waals surface area contributed by atoms with E-state index in [1.54, 1.807) is 7.11 Å². The molecule has 0 saturated carbocycles. The van der Waals surface area contributed by atoms with Crippen LogP contribution in [-0.2, 0) is 6.54 Å². The molecule has 0 aliphatic rings. The first-order valence-corrected chi connectivity index (χ1v) is 10.0. The number of benzene rings is 2. The summed E-state index contributed by atoms with van der Waals surface area (Å²) >= 11 is 0. The van der Waals surface area contributed by atoms with Crippen LogP contribution in [0, 0.1) is 12.8 Å². The molecular formula is C23H30N4O2. The maximum absolute atomic E-state index is 5.98. The molecule has 1 atom stereocenters. The molecule has 0 amide bonds. The van der Waals surface area contributed by atoms with E-state index in [9.17, 15) is 0 Å². The Morgan fingerprint density at radius 3 is 2.52 bits per heavy atom. The topological polar surface area (TPSA) is 72.1 Å². The van der Waals surface area contributed by atoms with Crippen molar-refractivity contribution in [2.45, 2.75) is 39.8 Å². The summed E-state index contributed by atoms with van der Waals surface area (Å²) in [6, 6.07) is 16.2. The van der Waals surface area contributed by atoms with E-state index in [0.717, 1.165) is 40.7 Å². The van der Waals surface area contributed by atoms with Gasteiger partial charge in [0.25, 0.3) is 0 Å². The van der Waals surface area contributed by atoms with Crippen molar-refractivity contribution in [2.24, 2.45) is 5.92 Å². The van der Waals surface area contributed by atoms with Crippen LogP contribution in [0.25, 0.3) is 0 Å². The van der Waals surface area contributed by atoms with Crippen LogP contribution < -0.4 is 14.8 Å². The largest absolute Gasteiger partial charge is 0.493 e. The maximum Gasteiger partial charge on any atom is 0.172 e. The SMILES string of the molecule is COc1ccc(CNC(c2ccccc2)c2n[nH]c(C)n2)cc1OCCC(C)C. The van der Waals surface area contributed by atoms with Crippen molar-refractivity contribution in [3.63, 3.8) is 0 Å². The molecule has 1 aromatic heterocycles. The minimum Gasteiger partial charge on any atom is -0.493 e. The molecule has 2 aromatic carbocycles. The van der Waals surface area contributed by atoms with E-state index in [2.05, 4.69) is 46.5 Å². The van der Waals surface area contributed by atoms with Gasteiger partial charge in [0.05, 0.1) is 19.8 Å². The summed E-state index contributed by atoms with van der Waals surface area (Å²) in [6.45, 7) is 7.61. The number of hydrogen-bond acceptors (Lipinski definition) is 5. The lowest BCUT2D eigenvalue weighted by Crippen LogP contribution is -2.23. The standard InChI is InChI=1S/C23H30N4O2/c1-16(2)12-13-29-21-14-18(10-11-20(21)28-4)15-24-22(19-8-6-5-7-9-19)23-25-17(3)26-27-23/h5-11,14,16,22,24H,12-13,15H2,1-4H3,(H,25,26,27). The third-order valence-corrected chi connectivity index (χ3v) is 4.70. The fourth-order valence-corrected chi connectivity index (χ4v) is 3.06. The molecule has 0 radical (unpaired) electrons. The Morgan fingerprint density at radius 1 is 1.07 bits per heavy atom. The number of aromatic nitrogens is 3. The van der Waals surface area contributed by atoms with Gasteiger partial charge in [0, 0.05) is 6.54 Å². The summed E-state index contributed by atoms with van der Waals surface area (Å²) < 4.78 is 11.4. The fourth-order valence-electron chi connectivity index (χ4n) is 3.06. The molecule has 0 fully saturated rings. The summed E-state index contributed by atoms with van der Waals surface area (Å²) in [4.78, 5) is 4.53. The Bertz CT molecular complexity index is 893. The van der Waals surface area contributed by atoms with Crippen LogP contribution >= 0.6 is 0 Å². The number of rotatable bonds is 10. The van der Waals surface area contributed by atoms with Gasteiger partial charge in [-0.15, -0.1) is 0 Å². The molecule has 0 saturated heterocycles. The molecule has 2 N–H and O–H groups in total. The summed E-state index contributed by atoms with van der Waals surface area (Å²) in [5.74, 6) is 3.66. The minimum absolute atomic E-state index is 0.103. The first kappa shape index (κ1) is 20.9. The normalized spacial score (nSPS) is 12.2. The molecule has 0 spiro atoms. The molecular weight excluding hydrogens is 364 g/mol. The van der Waals surface area contributed by atoms with Crippen LogP contribution in [0.15, 0.2) is 48.5 Å². The Hall–Kier alpha value is -2.86. The molecule has 154 valence electrons. The number of ether oxygens (including phenoxy) is 2. The van der Waals surface area contributed by atoms with Crippen molar-refractivity contribution >= 4 is 0 Å². The minimum atomic E-state index is -0.103. The average molecular weight is 395 g/mol. The molecule has 3 rings (SSSR count). The third kappa shape index (κ3) is 5.81. The lowest BCUT2D eigenvalue weighted by atomic mass is 10.1. The fraction of sp³-hybridized carbons (Fsp3) is 0.391. The van der Waals surface area contributed by atoms with E-state index < -0.39 is 0 Å². The molecule has 6 nitrogen and oxygen atoms in total. The highest BCUT2D eigenvalue weighted by Crippen LogP contribution is 2.29. The zero-order chi connectivity index (χ0) is 20.6. The number of hydrogen-bond donors (Lipinski definition) is 2. The van der Waals surface area contributed by atoms with Crippen LogP contribution in [0.3, 0.4) is 0 Å². The predicted molar refractivity (Wildman–Crippen MR) is 114 cm³/mol. The number of nitrogens with zero attached hydrogens (tertiary/aromatic N) is 2. The van der Waals surface area contributed by atoms with Crippen LogP contribution in [0.5, 0.6) is 11.5 Å². The van der Waals surface area contributed by atoms with Gasteiger partial charge in [-0.3, -0.25) is 10.4 Å². The lowest BCUT2D eigenvalue weighted by Gasteiger charge is -2.18. The highest BCUT2D eigenvalue weighted by molar-refractivity contribution is 5.43. The smallest absolute Gasteiger partial charge is 0.172 e. The highest BCUT2D eigenvalue weighted by Gasteiger charge is 2.18. The second-order valence-corrected chi connectivity index (χ2v) is 7.52. The number of nitrogens with one attached hydrogen (secondary N) is 2. The van der Waals surface area contributed by atoms with E-state index in [0.29, 0.717) is 19.1 Å². The van der Waals surface area contributed by atoms with Gasteiger partial charge in [-0.25, -0.2) is 4.98 Å². The van der Waals surface area contributed by atoms with E-state index in [4.69, 9.17) is 9.47 Å². The molecule has 1 unspecified atom stereocenters. The van der Waals surface area contributed by atoms with Crippen LogP contribution in [0.1, 0.15) is 49.1 Å². The summed E-state index contributed by atoms with van der Waals surface area (Å²) in [6.07, 6.45) is 1.01. The predicted octanol–water partition coefficient (Wildman–Crippen LogP) is 4.43. The maximum atomic E-state index is 5.98. The van der Waals surface area contributed by atoms with Crippen LogP contribution in [0.2, 0.25) is 0 Å². The van der Waals surface area contributed by atoms with Crippen molar-refractivity contribution in [2.75, 3.05) is 13.7 Å². The molecule has 1 heterocycles. The summed E-state index contributed by atoms with van der Waals surface area (Å²) in [7, 11) is 1.67. The molecule has 0 aliphatic heterocycles. The molecule has 3 aromatic rings. The van der Waals surface area contributed by atoms with Gasteiger partial charge in [-0.2, -0.15) is 5.10 Å². The van der Waals surface area contributed by atoms with Crippen molar-refractivity contribution in [1.29, 1.82) is 0 Å². The average Bonchev–Trinajstić information content (AvgIpc) is 3.15. The molecule has 29 heavy (non-hydrogen) atoms. The third-order valence-electron chi connectivity index (χ3n) is 4.70. The quantitative estimate of drug-likeness (QED) is 0.532. The van der Waals surface area contributed by atoms with Gasteiger partial charge < -0.3 is 9.47 Å². The second-order valence-electron chi connectivity index (χ2n) is 7.52. The van der Waals surface area contributed by atoms with Gasteiger partial charge in [0.1, 0.15) is 5.82 Å². The highest BCUT2D eigenvalue weighted by atomic mass is 16.5. The van der Waals surface area contributed by atoms with Crippen molar-refractivity contribution in [3.05, 3.63) is 71.3 Å². The molecule has 6 heteroatoms. The monoisotopic (exact) mass is 394 g/mol. The second kappa shape index (κ2) is 10.1. The van der Waals surface area contributed by atoms with E-state index in [-0.39, 0.29) is 6.04 Å². The number of H-pyrrole nitrogens is 1. The van der Waals surface area contributed by atoms with Crippen molar-refractivity contribution in [3.8, 4) is 11.5 Å². The van der Waals surface area contributed by atoms with Gasteiger partial charge >= 0.3 is 0 Å². The van der Waals surface area contributed by atoms with Crippen LogP contribution in [-0.4, -0.2) is 28.9 Å². The zero-order valence-electron chi connectivity index (χ0n) is 17.6. The van der Waals surface area contributed by atoms with Gasteiger partial charge in [0.15, 0.2) is 17.3 Å². The van der Waals surface area contributed by atoms with Gasteiger partial charge in [-0.1, -0.05) is 50.2 Å². The van der Waals surface area contributed by atoms with Crippen LogP contribution in [0.4, 0.5) is 0 Å². The Labute approximate surface area is 172 Å². The Kier molecular flexibility index (Phi) is 7.25. The number of aryl methyl sites for hydroxylation is 1. The number of aromatic amines is 1. The Balaban J connectivity index is 1.75. The molecule has 0 bridgehead atoms. The zero-order valence-corrected chi connectivity index (χ0v) is 17.6. The van der Waals surface area contributed by atoms with E-state index >= 15 is 0 Å². The number of methoxy groups -OCH3 is 1. The first-order valence-electron chi connectivity index (χ1n) is 10.0. The Morgan fingerprint density at radius 2 is 1.86 bits per heavy atom. The van der Waals surface area contributed by atoms with Crippen molar-refractivity contribution < 1.29 is 9.47 Å². The van der Waals surface area contributed by atoms with E-state index in [1.165, 1.54) is 0 Å². The summed E-state index contributed by atoms with van der Waals surface area (Å²) in [5, 5.41) is 10.9.